The van der Waals surface area contributed by atoms with E-state index < -0.39 is 0 Å². The predicted molar refractivity (Wildman–Crippen MR) is 57.8 cm³/mol. The molecule has 0 radical (unpaired) electrons. The molecule has 0 aromatic heterocycles. The molecule has 1 aliphatic heterocycles. The third kappa shape index (κ3) is 1.80. The van der Waals surface area contributed by atoms with Crippen LogP contribution in [0.25, 0.3) is 0 Å². The average Bonchev–Trinajstić information content (AvgIpc) is 2.50. The van der Waals surface area contributed by atoms with Crippen molar-refractivity contribution in [1.29, 1.82) is 0 Å². The number of hydrogen-bond donors (Lipinski definition) is 2. The first-order valence-corrected chi connectivity index (χ1v) is 4.93. The maximum atomic E-state index is 11.6. The van der Waals surface area contributed by atoms with Gasteiger partial charge in [0.1, 0.15) is 5.75 Å². The molecule has 1 aromatic carbocycles. The van der Waals surface area contributed by atoms with Crippen LogP contribution >= 0.6 is 0 Å². The largest absolute Gasteiger partial charge is 0.506 e. The Morgan fingerprint density at radius 2 is 2.27 bits per heavy atom. The minimum Gasteiger partial charge on any atom is -0.506 e. The van der Waals surface area contributed by atoms with Crippen molar-refractivity contribution in [3.05, 3.63) is 23.8 Å². The Hall–Kier alpha value is -1.55. The van der Waals surface area contributed by atoms with Gasteiger partial charge < -0.3 is 15.7 Å². The minimum atomic E-state index is -0.127. The molecule has 1 saturated heterocycles. The first-order chi connectivity index (χ1) is 7.08. The molecule has 1 unspecified atom stereocenters. The van der Waals surface area contributed by atoms with Gasteiger partial charge in [0, 0.05) is 19.0 Å². The fourth-order valence-electron chi connectivity index (χ4n) is 1.82. The third-order valence-electron chi connectivity index (χ3n) is 2.58. The number of amides is 1. The lowest BCUT2D eigenvalue weighted by atomic mass is 10.2. The van der Waals surface area contributed by atoms with Gasteiger partial charge in [-0.1, -0.05) is 6.07 Å². The van der Waals surface area contributed by atoms with Crippen molar-refractivity contribution in [1.82, 2.24) is 0 Å². The summed E-state index contributed by atoms with van der Waals surface area (Å²) in [4.78, 5) is 13.1. The van der Waals surface area contributed by atoms with E-state index in [1.54, 1.807) is 23.1 Å². The Balaban J connectivity index is 2.37. The number of phenolic OH excluding ortho intramolecular Hbond substituents is 1. The SMILES string of the molecule is Cc1ccc(O)c(N2CC(N)CC2=O)c1. The number of anilines is 1. The highest BCUT2D eigenvalue weighted by Crippen LogP contribution is 2.30. The summed E-state index contributed by atoms with van der Waals surface area (Å²) >= 11 is 0. The van der Waals surface area contributed by atoms with Gasteiger partial charge in [0.05, 0.1) is 5.69 Å². The van der Waals surface area contributed by atoms with Gasteiger partial charge in [0.15, 0.2) is 0 Å². The molecule has 15 heavy (non-hydrogen) atoms. The summed E-state index contributed by atoms with van der Waals surface area (Å²) in [7, 11) is 0. The molecule has 0 saturated carbocycles. The van der Waals surface area contributed by atoms with E-state index in [4.69, 9.17) is 5.73 Å². The van der Waals surface area contributed by atoms with Gasteiger partial charge in [-0.05, 0) is 24.6 Å². The zero-order valence-electron chi connectivity index (χ0n) is 8.60. The first kappa shape index (κ1) is 9.98. The molecular weight excluding hydrogens is 192 g/mol. The molecule has 4 heteroatoms. The number of nitrogens with zero attached hydrogens (tertiary/aromatic N) is 1. The highest BCUT2D eigenvalue weighted by atomic mass is 16.3. The van der Waals surface area contributed by atoms with Crippen molar-refractivity contribution in [2.24, 2.45) is 5.73 Å². The molecule has 0 aliphatic carbocycles. The summed E-state index contributed by atoms with van der Waals surface area (Å²) in [5, 5.41) is 9.66. The number of phenols is 1. The van der Waals surface area contributed by atoms with Crippen LogP contribution in [0.3, 0.4) is 0 Å². The first-order valence-electron chi connectivity index (χ1n) is 4.93. The summed E-state index contributed by atoms with van der Waals surface area (Å²) in [5.41, 5.74) is 7.27. The van der Waals surface area contributed by atoms with Crippen LogP contribution in [0.5, 0.6) is 5.75 Å². The quantitative estimate of drug-likeness (QED) is 0.713. The van der Waals surface area contributed by atoms with Crippen LogP contribution < -0.4 is 10.6 Å². The monoisotopic (exact) mass is 206 g/mol. The zero-order valence-corrected chi connectivity index (χ0v) is 8.60. The molecule has 1 aromatic rings. The second kappa shape index (κ2) is 3.55. The van der Waals surface area contributed by atoms with Crippen LogP contribution in [-0.2, 0) is 4.79 Å². The van der Waals surface area contributed by atoms with Crippen LogP contribution in [0.1, 0.15) is 12.0 Å². The molecule has 1 aliphatic rings. The van der Waals surface area contributed by atoms with Gasteiger partial charge >= 0.3 is 0 Å². The van der Waals surface area contributed by atoms with Gasteiger partial charge in [-0.2, -0.15) is 0 Å². The van der Waals surface area contributed by atoms with Gasteiger partial charge in [-0.25, -0.2) is 0 Å². The zero-order chi connectivity index (χ0) is 11.0. The van der Waals surface area contributed by atoms with Crippen molar-refractivity contribution in [3.8, 4) is 5.75 Å². The topological polar surface area (TPSA) is 66.6 Å². The lowest BCUT2D eigenvalue weighted by Gasteiger charge is -2.17. The van der Waals surface area contributed by atoms with Crippen LogP contribution in [0.15, 0.2) is 18.2 Å². The molecule has 1 heterocycles. The van der Waals surface area contributed by atoms with E-state index in [-0.39, 0.29) is 17.7 Å². The minimum absolute atomic E-state index is 0.0246. The molecule has 3 N–H and O–H groups in total. The van der Waals surface area contributed by atoms with E-state index in [1.165, 1.54) is 0 Å². The summed E-state index contributed by atoms with van der Waals surface area (Å²) in [6.07, 6.45) is 0.355. The van der Waals surface area contributed by atoms with Crippen molar-refractivity contribution >= 4 is 11.6 Å². The molecule has 1 fully saturated rings. The second-order valence-corrected chi connectivity index (χ2v) is 3.96. The van der Waals surface area contributed by atoms with Gasteiger partial charge in [0.2, 0.25) is 5.91 Å². The molecule has 80 valence electrons. The Bertz CT molecular complexity index is 404. The van der Waals surface area contributed by atoms with Crippen molar-refractivity contribution in [3.63, 3.8) is 0 Å². The number of carbonyl (C=O) groups is 1. The lowest BCUT2D eigenvalue weighted by molar-refractivity contribution is -0.117. The van der Waals surface area contributed by atoms with Crippen molar-refractivity contribution in [2.45, 2.75) is 19.4 Å². The molecule has 4 nitrogen and oxygen atoms in total. The van der Waals surface area contributed by atoms with Crippen LogP contribution in [0.4, 0.5) is 5.69 Å². The normalized spacial score (nSPS) is 21.1. The van der Waals surface area contributed by atoms with Crippen molar-refractivity contribution in [2.75, 3.05) is 11.4 Å². The Morgan fingerprint density at radius 1 is 1.53 bits per heavy atom. The highest BCUT2D eigenvalue weighted by Gasteiger charge is 2.29. The van der Waals surface area contributed by atoms with E-state index in [0.717, 1.165) is 5.56 Å². The number of aromatic hydroxyl groups is 1. The van der Waals surface area contributed by atoms with Crippen LogP contribution in [0.2, 0.25) is 0 Å². The van der Waals surface area contributed by atoms with E-state index in [0.29, 0.717) is 18.7 Å². The fraction of sp³-hybridized carbons (Fsp3) is 0.364. The molecule has 0 bridgehead atoms. The second-order valence-electron chi connectivity index (χ2n) is 3.96. The Morgan fingerprint density at radius 3 is 2.87 bits per heavy atom. The van der Waals surface area contributed by atoms with Gasteiger partial charge in [0.25, 0.3) is 0 Å². The number of hydrogen-bond acceptors (Lipinski definition) is 3. The molecule has 2 rings (SSSR count). The summed E-state index contributed by atoms with van der Waals surface area (Å²) in [6.45, 7) is 2.40. The molecule has 1 amide bonds. The smallest absolute Gasteiger partial charge is 0.228 e. The molecule has 0 spiro atoms. The van der Waals surface area contributed by atoms with Gasteiger partial charge in [-0.15, -0.1) is 0 Å². The highest BCUT2D eigenvalue weighted by molar-refractivity contribution is 5.97. The molecular formula is C11H14N2O2. The maximum Gasteiger partial charge on any atom is 0.228 e. The number of rotatable bonds is 1. The van der Waals surface area contributed by atoms with E-state index >= 15 is 0 Å². The van der Waals surface area contributed by atoms with E-state index in [9.17, 15) is 9.90 Å². The van der Waals surface area contributed by atoms with E-state index in [2.05, 4.69) is 0 Å². The lowest BCUT2D eigenvalue weighted by Crippen LogP contribution is -2.28. The average molecular weight is 206 g/mol. The summed E-state index contributed by atoms with van der Waals surface area (Å²) in [6, 6.07) is 5.07. The number of aryl methyl sites for hydroxylation is 1. The number of nitrogens with two attached hydrogens (primary N) is 1. The van der Waals surface area contributed by atoms with E-state index in [1.807, 2.05) is 6.92 Å². The number of carbonyl (C=O) groups excluding carboxylic acids is 1. The van der Waals surface area contributed by atoms with Crippen LogP contribution in [-0.4, -0.2) is 23.6 Å². The third-order valence-corrected chi connectivity index (χ3v) is 2.58. The maximum absolute atomic E-state index is 11.6. The number of benzene rings is 1. The molecule has 1 atom stereocenters. The Kier molecular flexibility index (Phi) is 2.36. The van der Waals surface area contributed by atoms with Gasteiger partial charge in [-0.3, -0.25) is 4.79 Å². The summed E-state index contributed by atoms with van der Waals surface area (Å²) < 4.78 is 0. The fourth-order valence-corrected chi connectivity index (χ4v) is 1.82. The predicted octanol–water partition coefficient (Wildman–Crippen LogP) is 0.765. The Labute approximate surface area is 88.3 Å². The standard InChI is InChI=1S/C11H14N2O2/c1-7-2-3-10(14)9(4-7)13-6-8(12)5-11(13)15/h2-4,8,14H,5-6,12H2,1H3. The summed E-state index contributed by atoms with van der Waals surface area (Å²) in [5.74, 6) is 0.103. The van der Waals surface area contributed by atoms with Crippen molar-refractivity contribution < 1.29 is 9.90 Å². The van der Waals surface area contributed by atoms with Crippen LogP contribution in [0, 0.1) is 6.92 Å².